The number of carbonyl (C=O) groups excluding carboxylic acids is 1. The highest BCUT2D eigenvalue weighted by Gasteiger charge is 2.06. The number of ketones is 1. The van der Waals surface area contributed by atoms with E-state index in [9.17, 15) is 4.79 Å². The van der Waals surface area contributed by atoms with Crippen molar-refractivity contribution < 1.29 is 4.79 Å². The van der Waals surface area contributed by atoms with Gasteiger partial charge in [0.2, 0.25) is 0 Å². The number of carbonyl (C=O) groups is 1. The first kappa shape index (κ1) is 9.80. The van der Waals surface area contributed by atoms with Gasteiger partial charge in [-0.2, -0.15) is 0 Å². The summed E-state index contributed by atoms with van der Waals surface area (Å²) in [5.74, 6) is 0.167. The van der Waals surface area contributed by atoms with Gasteiger partial charge in [0.1, 0.15) is 5.78 Å². The van der Waals surface area contributed by atoms with E-state index in [1.165, 1.54) is 0 Å². The summed E-state index contributed by atoms with van der Waals surface area (Å²) in [5, 5.41) is 0. The largest absolute Gasteiger partial charge is 0.300 e. The van der Waals surface area contributed by atoms with E-state index in [1.807, 2.05) is 17.6 Å². The highest BCUT2D eigenvalue weighted by atomic mass is 79.9. The van der Waals surface area contributed by atoms with Crippen molar-refractivity contribution in [2.24, 2.45) is 0 Å². The number of thiazole rings is 1. The molecule has 2 nitrogen and oxygen atoms in total. The Bertz CT molecular complexity index is 492. The quantitative estimate of drug-likeness (QED) is 0.838. The van der Waals surface area contributed by atoms with Crippen LogP contribution in [0.1, 0.15) is 12.5 Å². The van der Waals surface area contributed by atoms with E-state index >= 15 is 0 Å². The number of aromatic nitrogens is 1. The first-order chi connectivity index (χ1) is 6.66. The van der Waals surface area contributed by atoms with Gasteiger partial charge in [0, 0.05) is 10.9 Å². The smallest absolute Gasteiger partial charge is 0.134 e. The number of benzene rings is 1. The molecule has 4 heteroatoms. The molecule has 72 valence electrons. The lowest BCUT2D eigenvalue weighted by molar-refractivity contribution is -0.116. The van der Waals surface area contributed by atoms with Crippen LogP contribution in [0.15, 0.2) is 22.1 Å². The maximum Gasteiger partial charge on any atom is 0.134 e. The van der Waals surface area contributed by atoms with Crippen molar-refractivity contribution in [2.45, 2.75) is 13.3 Å². The molecule has 0 fully saturated rings. The average Bonchev–Trinajstić information content (AvgIpc) is 2.51. The Morgan fingerprint density at radius 3 is 3.07 bits per heavy atom. The second-order valence-electron chi connectivity index (χ2n) is 3.14. The number of fused-ring (bicyclic) bond motifs is 1. The zero-order valence-corrected chi connectivity index (χ0v) is 9.98. The zero-order valence-electron chi connectivity index (χ0n) is 7.58. The number of halogens is 1. The summed E-state index contributed by atoms with van der Waals surface area (Å²) in [7, 11) is 0. The molecule has 0 aliphatic rings. The zero-order chi connectivity index (χ0) is 10.1. The van der Waals surface area contributed by atoms with E-state index in [0.29, 0.717) is 6.42 Å². The second kappa shape index (κ2) is 3.79. The topological polar surface area (TPSA) is 30.0 Å². The van der Waals surface area contributed by atoms with Crippen LogP contribution in [0.3, 0.4) is 0 Å². The molecule has 0 atom stereocenters. The summed E-state index contributed by atoms with van der Waals surface area (Å²) in [6, 6.07) is 3.99. The van der Waals surface area contributed by atoms with Crippen molar-refractivity contribution in [2.75, 3.05) is 0 Å². The third-order valence-corrected chi connectivity index (χ3v) is 3.47. The molecule has 0 aliphatic heterocycles. The Morgan fingerprint density at radius 2 is 2.36 bits per heavy atom. The number of hydrogen-bond acceptors (Lipinski definition) is 3. The molecule has 0 saturated heterocycles. The fourth-order valence-electron chi connectivity index (χ4n) is 1.33. The fourth-order valence-corrected chi connectivity index (χ4v) is 2.66. The molecule has 14 heavy (non-hydrogen) atoms. The molecule has 0 spiro atoms. The molecule has 0 unspecified atom stereocenters. The summed E-state index contributed by atoms with van der Waals surface area (Å²) in [4.78, 5) is 15.2. The summed E-state index contributed by atoms with van der Waals surface area (Å²) >= 11 is 5.06. The number of Topliss-reactive ketones (excluding diaryl/α,β-unsaturated/α-hetero) is 1. The highest BCUT2D eigenvalue weighted by Crippen LogP contribution is 2.26. The summed E-state index contributed by atoms with van der Waals surface area (Å²) in [6.07, 6.45) is 0.466. The number of nitrogens with zero attached hydrogens (tertiary/aromatic N) is 1. The van der Waals surface area contributed by atoms with Gasteiger partial charge in [-0.1, -0.05) is 15.9 Å². The van der Waals surface area contributed by atoms with E-state index in [0.717, 1.165) is 20.3 Å². The Labute approximate surface area is 94.1 Å². The number of hydrogen-bond donors (Lipinski definition) is 0. The van der Waals surface area contributed by atoms with Crippen LogP contribution < -0.4 is 0 Å². The van der Waals surface area contributed by atoms with E-state index in [2.05, 4.69) is 20.9 Å². The first-order valence-corrected chi connectivity index (χ1v) is 5.85. The van der Waals surface area contributed by atoms with E-state index in [4.69, 9.17) is 0 Å². The lowest BCUT2D eigenvalue weighted by Crippen LogP contribution is -1.96. The monoisotopic (exact) mass is 269 g/mol. The second-order valence-corrected chi connectivity index (χ2v) is 4.88. The van der Waals surface area contributed by atoms with Crippen LogP contribution in [0.4, 0.5) is 0 Å². The van der Waals surface area contributed by atoms with E-state index < -0.39 is 0 Å². The maximum absolute atomic E-state index is 11.0. The number of rotatable bonds is 2. The van der Waals surface area contributed by atoms with Crippen molar-refractivity contribution in [3.63, 3.8) is 0 Å². The molecule has 1 aromatic carbocycles. The molecule has 0 aliphatic carbocycles. The van der Waals surface area contributed by atoms with Crippen LogP contribution in [0.5, 0.6) is 0 Å². The van der Waals surface area contributed by atoms with E-state index in [1.54, 1.807) is 18.3 Å². The summed E-state index contributed by atoms with van der Waals surface area (Å²) in [6.45, 7) is 1.59. The van der Waals surface area contributed by atoms with Gasteiger partial charge < -0.3 is 0 Å². The standard InChI is InChI=1S/C10H8BrNOS/c1-6(13)2-7-3-9-10(4-8(7)11)14-5-12-9/h3-5H,2H2,1H3. The molecule has 0 bridgehead atoms. The summed E-state index contributed by atoms with van der Waals surface area (Å²) in [5.41, 5.74) is 3.79. The lowest BCUT2D eigenvalue weighted by atomic mass is 10.1. The van der Waals surface area contributed by atoms with Crippen molar-refractivity contribution in [3.8, 4) is 0 Å². The van der Waals surface area contributed by atoms with Crippen molar-refractivity contribution in [1.29, 1.82) is 0 Å². The van der Waals surface area contributed by atoms with E-state index in [-0.39, 0.29) is 5.78 Å². The minimum atomic E-state index is 0.167. The molecule has 2 aromatic rings. The van der Waals surface area contributed by atoms with Gasteiger partial charge in [0.15, 0.2) is 0 Å². The third-order valence-electron chi connectivity index (χ3n) is 1.94. The molecular formula is C10H8BrNOS. The van der Waals surface area contributed by atoms with Gasteiger partial charge in [-0.25, -0.2) is 4.98 Å². The average molecular weight is 270 g/mol. The normalized spacial score (nSPS) is 10.7. The first-order valence-electron chi connectivity index (χ1n) is 4.18. The van der Waals surface area contributed by atoms with Gasteiger partial charge in [-0.05, 0) is 24.6 Å². The predicted molar refractivity (Wildman–Crippen MR) is 61.7 cm³/mol. The maximum atomic E-state index is 11.0. The van der Waals surface area contributed by atoms with Crippen LogP contribution >= 0.6 is 27.3 Å². The molecule has 0 amide bonds. The van der Waals surface area contributed by atoms with Crippen LogP contribution in [0.25, 0.3) is 10.2 Å². The Balaban J connectivity index is 2.53. The van der Waals surface area contributed by atoms with Crippen molar-refractivity contribution in [1.82, 2.24) is 4.98 Å². The van der Waals surface area contributed by atoms with Crippen molar-refractivity contribution >= 4 is 43.3 Å². The molecule has 1 aromatic heterocycles. The van der Waals surface area contributed by atoms with Crippen LogP contribution in [-0.4, -0.2) is 10.8 Å². The van der Waals surface area contributed by atoms with Gasteiger partial charge in [-0.3, -0.25) is 4.79 Å². The Morgan fingerprint density at radius 1 is 1.57 bits per heavy atom. The molecule has 0 radical (unpaired) electrons. The predicted octanol–water partition coefficient (Wildman–Crippen LogP) is 3.19. The minimum absolute atomic E-state index is 0.167. The lowest BCUT2D eigenvalue weighted by Gasteiger charge is -2.01. The Hall–Kier alpha value is -0.740. The van der Waals surface area contributed by atoms with Gasteiger partial charge >= 0.3 is 0 Å². The minimum Gasteiger partial charge on any atom is -0.300 e. The molecule has 0 saturated carbocycles. The molecule has 1 heterocycles. The van der Waals surface area contributed by atoms with Crippen LogP contribution in [0.2, 0.25) is 0 Å². The van der Waals surface area contributed by atoms with Crippen molar-refractivity contribution in [3.05, 3.63) is 27.7 Å². The van der Waals surface area contributed by atoms with Crippen LogP contribution in [-0.2, 0) is 11.2 Å². The Kier molecular flexibility index (Phi) is 2.65. The molecular weight excluding hydrogens is 262 g/mol. The highest BCUT2D eigenvalue weighted by molar-refractivity contribution is 9.10. The van der Waals surface area contributed by atoms with Crippen LogP contribution in [0, 0.1) is 0 Å². The van der Waals surface area contributed by atoms with Gasteiger partial charge in [0.25, 0.3) is 0 Å². The summed E-state index contributed by atoms with van der Waals surface area (Å²) < 4.78 is 2.13. The SMILES string of the molecule is CC(=O)Cc1cc2ncsc2cc1Br. The molecule has 2 rings (SSSR count). The molecule has 0 N–H and O–H groups in total. The fraction of sp³-hybridized carbons (Fsp3) is 0.200. The van der Waals surface area contributed by atoms with Gasteiger partial charge in [-0.15, -0.1) is 11.3 Å². The third kappa shape index (κ3) is 1.86. The van der Waals surface area contributed by atoms with Gasteiger partial charge in [0.05, 0.1) is 15.7 Å².